The molecule has 3 fully saturated rings. The van der Waals surface area contributed by atoms with Gasteiger partial charge in [-0.1, -0.05) is 19.3 Å². The molecular weight excluding hydrogens is 272 g/mol. The summed E-state index contributed by atoms with van der Waals surface area (Å²) in [6.45, 7) is 3.25. The number of amides is 1. The van der Waals surface area contributed by atoms with Crippen molar-refractivity contribution in [1.29, 1.82) is 0 Å². The second-order valence-electron chi connectivity index (χ2n) is 7.26. The molecule has 3 heteroatoms. The molecule has 0 unspecified atom stereocenters. The normalized spacial score (nSPS) is 24.5. The van der Waals surface area contributed by atoms with Gasteiger partial charge in [0.2, 0.25) is 5.91 Å². The fourth-order valence-corrected chi connectivity index (χ4v) is 4.58. The standard InChI is InChI=1S/C19H26N2O/c22-18-19(10-2-1-3-11-19)12-15-21(18)17-8-6-16(7-9-17)20-13-4-5-14-20/h6-9H,1-5,10-15H2. The van der Waals surface area contributed by atoms with Crippen LogP contribution in [0, 0.1) is 5.41 Å². The summed E-state index contributed by atoms with van der Waals surface area (Å²) in [4.78, 5) is 17.4. The van der Waals surface area contributed by atoms with Crippen LogP contribution >= 0.6 is 0 Å². The van der Waals surface area contributed by atoms with Gasteiger partial charge in [0.05, 0.1) is 5.41 Å². The van der Waals surface area contributed by atoms with E-state index < -0.39 is 0 Å². The molecule has 2 heterocycles. The summed E-state index contributed by atoms with van der Waals surface area (Å²) in [5.74, 6) is 0.390. The van der Waals surface area contributed by atoms with Crippen molar-refractivity contribution in [2.45, 2.75) is 51.4 Å². The molecule has 118 valence electrons. The first-order chi connectivity index (χ1) is 10.8. The smallest absolute Gasteiger partial charge is 0.233 e. The van der Waals surface area contributed by atoms with Gasteiger partial charge in [0.25, 0.3) is 0 Å². The van der Waals surface area contributed by atoms with Crippen LogP contribution in [0.15, 0.2) is 24.3 Å². The van der Waals surface area contributed by atoms with E-state index in [1.54, 1.807) is 0 Å². The molecule has 2 aliphatic heterocycles. The molecule has 3 aliphatic rings. The van der Waals surface area contributed by atoms with Crippen molar-refractivity contribution < 1.29 is 4.79 Å². The third kappa shape index (κ3) is 2.31. The summed E-state index contributed by atoms with van der Waals surface area (Å²) in [5.41, 5.74) is 2.38. The Bertz CT molecular complexity index is 539. The molecule has 0 N–H and O–H groups in total. The summed E-state index contributed by atoms with van der Waals surface area (Å²) in [6.07, 6.45) is 9.63. The van der Waals surface area contributed by atoms with Crippen LogP contribution in [0.4, 0.5) is 11.4 Å². The Balaban J connectivity index is 1.51. The summed E-state index contributed by atoms with van der Waals surface area (Å²) in [7, 11) is 0. The summed E-state index contributed by atoms with van der Waals surface area (Å²) in [5, 5.41) is 0. The first-order valence-electron chi connectivity index (χ1n) is 8.96. The van der Waals surface area contributed by atoms with E-state index in [1.807, 2.05) is 4.90 Å². The minimum atomic E-state index is -0.0220. The van der Waals surface area contributed by atoms with Crippen LogP contribution in [0.2, 0.25) is 0 Å². The van der Waals surface area contributed by atoms with Crippen molar-refractivity contribution >= 4 is 17.3 Å². The number of carbonyl (C=O) groups excluding carboxylic acids is 1. The highest BCUT2D eigenvalue weighted by Gasteiger charge is 2.47. The molecule has 0 atom stereocenters. The second-order valence-corrected chi connectivity index (χ2v) is 7.26. The van der Waals surface area contributed by atoms with Crippen molar-refractivity contribution in [2.75, 3.05) is 29.4 Å². The fourth-order valence-electron chi connectivity index (χ4n) is 4.58. The molecule has 0 aromatic heterocycles. The zero-order valence-electron chi connectivity index (χ0n) is 13.4. The Kier molecular flexibility index (Phi) is 3.59. The predicted molar refractivity (Wildman–Crippen MR) is 90.4 cm³/mol. The van der Waals surface area contributed by atoms with E-state index in [9.17, 15) is 4.79 Å². The van der Waals surface area contributed by atoms with Gasteiger partial charge in [-0.2, -0.15) is 0 Å². The molecule has 22 heavy (non-hydrogen) atoms. The fraction of sp³-hybridized carbons (Fsp3) is 0.632. The average Bonchev–Trinajstić information content (AvgIpc) is 3.19. The van der Waals surface area contributed by atoms with Crippen LogP contribution in [0.5, 0.6) is 0 Å². The van der Waals surface area contributed by atoms with Crippen LogP contribution in [-0.4, -0.2) is 25.5 Å². The maximum atomic E-state index is 12.9. The maximum Gasteiger partial charge on any atom is 0.233 e. The van der Waals surface area contributed by atoms with E-state index in [-0.39, 0.29) is 5.41 Å². The van der Waals surface area contributed by atoms with E-state index >= 15 is 0 Å². The summed E-state index contributed by atoms with van der Waals surface area (Å²) >= 11 is 0. The van der Waals surface area contributed by atoms with Gasteiger partial charge in [-0.25, -0.2) is 0 Å². The maximum absolute atomic E-state index is 12.9. The van der Waals surface area contributed by atoms with Crippen molar-refractivity contribution in [2.24, 2.45) is 5.41 Å². The van der Waals surface area contributed by atoms with E-state index in [1.165, 1.54) is 50.9 Å². The summed E-state index contributed by atoms with van der Waals surface area (Å²) in [6, 6.07) is 8.68. The van der Waals surface area contributed by atoms with Gasteiger partial charge in [0.1, 0.15) is 0 Å². The molecule has 1 aliphatic carbocycles. The monoisotopic (exact) mass is 298 g/mol. The molecule has 1 amide bonds. The lowest BCUT2D eigenvalue weighted by atomic mass is 9.73. The quantitative estimate of drug-likeness (QED) is 0.824. The minimum Gasteiger partial charge on any atom is -0.372 e. The molecule has 1 saturated carbocycles. The van der Waals surface area contributed by atoms with Gasteiger partial charge in [-0.15, -0.1) is 0 Å². The van der Waals surface area contributed by atoms with Gasteiger partial charge < -0.3 is 9.80 Å². The van der Waals surface area contributed by atoms with E-state index in [4.69, 9.17) is 0 Å². The Morgan fingerprint density at radius 2 is 1.36 bits per heavy atom. The average molecular weight is 298 g/mol. The van der Waals surface area contributed by atoms with Crippen LogP contribution < -0.4 is 9.80 Å². The number of hydrogen-bond donors (Lipinski definition) is 0. The lowest BCUT2D eigenvalue weighted by molar-refractivity contribution is -0.127. The van der Waals surface area contributed by atoms with E-state index in [0.29, 0.717) is 5.91 Å². The SMILES string of the molecule is O=C1N(c2ccc(N3CCCC3)cc2)CCC12CCCCC2. The zero-order valence-corrected chi connectivity index (χ0v) is 13.4. The van der Waals surface area contributed by atoms with Gasteiger partial charge in [0, 0.05) is 31.0 Å². The Morgan fingerprint density at radius 1 is 0.727 bits per heavy atom. The molecule has 1 spiro atoms. The number of nitrogens with zero attached hydrogens (tertiary/aromatic N) is 2. The third-order valence-corrected chi connectivity index (χ3v) is 5.96. The van der Waals surface area contributed by atoms with Gasteiger partial charge in [-0.3, -0.25) is 4.79 Å². The van der Waals surface area contributed by atoms with Crippen molar-refractivity contribution in [1.82, 2.24) is 0 Å². The van der Waals surface area contributed by atoms with E-state index in [2.05, 4.69) is 29.2 Å². The molecule has 3 nitrogen and oxygen atoms in total. The number of carbonyl (C=O) groups is 1. The minimum absolute atomic E-state index is 0.0220. The van der Waals surface area contributed by atoms with Crippen LogP contribution in [0.1, 0.15) is 51.4 Å². The largest absolute Gasteiger partial charge is 0.372 e. The summed E-state index contributed by atoms with van der Waals surface area (Å²) < 4.78 is 0. The predicted octanol–water partition coefficient (Wildman–Crippen LogP) is 3.97. The van der Waals surface area contributed by atoms with E-state index in [0.717, 1.165) is 31.5 Å². The Morgan fingerprint density at radius 3 is 2.05 bits per heavy atom. The van der Waals surface area contributed by atoms with Gasteiger partial charge >= 0.3 is 0 Å². The first kappa shape index (κ1) is 14.1. The molecule has 4 rings (SSSR count). The Hall–Kier alpha value is -1.51. The topological polar surface area (TPSA) is 23.6 Å². The Labute approximate surface area is 133 Å². The molecule has 1 aromatic rings. The molecule has 1 aromatic carbocycles. The van der Waals surface area contributed by atoms with Crippen LogP contribution in [0.3, 0.4) is 0 Å². The van der Waals surface area contributed by atoms with Crippen molar-refractivity contribution in [3.05, 3.63) is 24.3 Å². The number of anilines is 2. The molecule has 0 bridgehead atoms. The lowest BCUT2D eigenvalue weighted by Crippen LogP contribution is -2.36. The first-order valence-corrected chi connectivity index (χ1v) is 8.96. The number of benzene rings is 1. The molecular formula is C19H26N2O. The highest BCUT2D eigenvalue weighted by molar-refractivity contribution is 6.00. The van der Waals surface area contributed by atoms with Crippen molar-refractivity contribution in [3.63, 3.8) is 0 Å². The third-order valence-electron chi connectivity index (χ3n) is 5.96. The van der Waals surface area contributed by atoms with Crippen LogP contribution in [0.25, 0.3) is 0 Å². The molecule has 2 saturated heterocycles. The van der Waals surface area contributed by atoms with Crippen molar-refractivity contribution in [3.8, 4) is 0 Å². The zero-order chi connectivity index (χ0) is 15.0. The lowest BCUT2D eigenvalue weighted by Gasteiger charge is -2.31. The number of rotatable bonds is 2. The highest BCUT2D eigenvalue weighted by Crippen LogP contribution is 2.46. The van der Waals surface area contributed by atoms with Gasteiger partial charge in [0.15, 0.2) is 0 Å². The number of hydrogen-bond acceptors (Lipinski definition) is 2. The highest BCUT2D eigenvalue weighted by atomic mass is 16.2. The molecule has 0 radical (unpaired) electrons. The van der Waals surface area contributed by atoms with Gasteiger partial charge in [-0.05, 0) is 56.4 Å². The van der Waals surface area contributed by atoms with Crippen LogP contribution in [-0.2, 0) is 4.79 Å². The second kappa shape index (κ2) is 5.60.